The lowest BCUT2D eigenvalue weighted by molar-refractivity contribution is -0.384. The third kappa shape index (κ3) is 4.80. The Balaban J connectivity index is 2.12. The molecule has 0 fully saturated rings. The molecule has 9 heteroatoms. The van der Waals surface area contributed by atoms with E-state index in [4.69, 9.17) is 4.74 Å². The number of anilines is 1. The predicted octanol–water partition coefficient (Wildman–Crippen LogP) is 3.13. The van der Waals surface area contributed by atoms with E-state index < -0.39 is 34.2 Å². The summed E-state index contributed by atoms with van der Waals surface area (Å²) in [6.07, 6.45) is 0. The fraction of sp³-hybridized carbons (Fsp3) is 0.263. The molecule has 1 N–H and O–H groups in total. The van der Waals surface area contributed by atoms with Gasteiger partial charge in [0, 0.05) is 11.8 Å². The van der Waals surface area contributed by atoms with Crippen LogP contribution in [0.15, 0.2) is 41.3 Å². The molecule has 2 aromatic carbocycles. The summed E-state index contributed by atoms with van der Waals surface area (Å²) in [6, 6.07) is 9.20. The van der Waals surface area contributed by atoms with Crippen molar-refractivity contribution in [2.45, 2.75) is 25.7 Å². The number of ether oxygens (including phenoxy) is 1. The molecule has 8 nitrogen and oxygen atoms in total. The summed E-state index contributed by atoms with van der Waals surface area (Å²) in [4.78, 5) is 35.4. The molecule has 0 heterocycles. The van der Waals surface area contributed by atoms with Crippen LogP contribution in [0, 0.1) is 24.0 Å². The molecule has 148 valence electrons. The lowest BCUT2D eigenvalue weighted by Gasteiger charge is -2.12. The molecule has 0 unspecified atom stereocenters. The number of benzene rings is 2. The molecule has 28 heavy (non-hydrogen) atoms. The molecule has 0 saturated carbocycles. The molecule has 1 amide bonds. The van der Waals surface area contributed by atoms with Gasteiger partial charge in [-0.2, -0.15) is 0 Å². The first-order chi connectivity index (χ1) is 13.3. The molecule has 0 radical (unpaired) electrons. The van der Waals surface area contributed by atoms with Crippen molar-refractivity contribution in [3.8, 4) is 0 Å². The molecule has 2 aromatic rings. The third-order valence-corrected chi connectivity index (χ3v) is 5.49. The average molecular weight is 404 g/mol. The molecule has 1 atom stereocenters. The Bertz CT molecular complexity index is 957. The van der Waals surface area contributed by atoms with E-state index in [-0.39, 0.29) is 16.9 Å². The Hall–Kier alpha value is -3.07. The first-order valence-corrected chi connectivity index (χ1v) is 9.77. The van der Waals surface area contributed by atoms with Crippen LogP contribution in [0.1, 0.15) is 28.4 Å². The summed E-state index contributed by atoms with van der Waals surface area (Å²) >= 11 is 0. The fourth-order valence-corrected chi connectivity index (χ4v) is 3.42. The quantitative estimate of drug-likeness (QED) is 0.431. The molecular formula is C19H20N2O6S. The molecule has 0 spiro atoms. The Morgan fingerprint density at radius 2 is 1.86 bits per heavy atom. The van der Waals surface area contributed by atoms with Crippen LogP contribution in [0.4, 0.5) is 11.4 Å². The predicted molar refractivity (Wildman–Crippen MR) is 105 cm³/mol. The number of esters is 1. The number of carbonyl (C=O) groups is 2. The lowest BCUT2D eigenvalue weighted by Crippen LogP contribution is -2.22. The second-order valence-corrected chi connectivity index (χ2v) is 7.62. The van der Waals surface area contributed by atoms with E-state index in [1.165, 1.54) is 12.1 Å². The van der Waals surface area contributed by atoms with E-state index in [0.29, 0.717) is 16.2 Å². The van der Waals surface area contributed by atoms with Gasteiger partial charge in [0.1, 0.15) is 5.69 Å². The summed E-state index contributed by atoms with van der Waals surface area (Å²) < 4.78 is 17.1. The maximum atomic E-state index is 12.3. The second kappa shape index (κ2) is 9.23. The van der Waals surface area contributed by atoms with Crippen LogP contribution in [-0.4, -0.2) is 33.4 Å². The molecule has 0 bridgehead atoms. The van der Waals surface area contributed by atoms with Crippen LogP contribution in [0.2, 0.25) is 0 Å². The Morgan fingerprint density at radius 3 is 2.50 bits per heavy atom. The number of nitrogens with one attached hydrogen (secondary N) is 1. The van der Waals surface area contributed by atoms with Crippen LogP contribution >= 0.6 is 0 Å². The van der Waals surface area contributed by atoms with Gasteiger partial charge in [0.2, 0.25) is 0 Å². The summed E-state index contributed by atoms with van der Waals surface area (Å²) in [5, 5.41) is 13.6. The number of nitro benzene ring substituents is 1. The number of rotatable bonds is 7. The second-order valence-electron chi connectivity index (χ2n) is 5.91. The maximum absolute atomic E-state index is 12.3. The van der Waals surface area contributed by atoms with Gasteiger partial charge in [-0.15, -0.1) is 0 Å². The Kier molecular flexibility index (Phi) is 7.00. The zero-order valence-corrected chi connectivity index (χ0v) is 16.5. The van der Waals surface area contributed by atoms with Crippen molar-refractivity contribution in [2.24, 2.45) is 0 Å². The molecule has 2 rings (SSSR count). The summed E-state index contributed by atoms with van der Waals surface area (Å²) in [5.74, 6) is -1.16. The van der Waals surface area contributed by atoms with E-state index in [1.54, 1.807) is 45.0 Å². The molecule has 0 aliphatic heterocycles. The molecule has 0 aliphatic carbocycles. The van der Waals surface area contributed by atoms with E-state index in [0.717, 1.165) is 5.56 Å². The minimum atomic E-state index is -1.36. The van der Waals surface area contributed by atoms with Gasteiger partial charge in [-0.05, 0) is 37.1 Å². The van der Waals surface area contributed by atoms with Gasteiger partial charge in [-0.25, -0.2) is 4.79 Å². The standard InChI is InChI=1S/C19H20N2O6S/c1-4-28(26)16-8-6-5-7-14(16)19(23)27-11-17(22)20-18-13(3)12(2)9-10-15(18)21(24)25/h5-10H,4,11H2,1-3H3,(H,20,22)/t28-/m0/s1. The van der Waals surface area contributed by atoms with Crippen molar-refractivity contribution in [3.05, 3.63) is 63.2 Å². The smallest absolute Gasteiger partial charge is 0.339 e. The maximum Gasteiger partial charge on any atom is 0.339 e. The number of amides is 1. The van der Waals surface area contributed by atoms with Crippen molar-refractivity contribution < 1.29 is 23.5 Å². The van der Waals surface area contributed by atoms with E-state index in [9.17, 15) is 23.9 Å². The minimum absolute atomic E-state index is 0.0681. The number of aryl methyl sites for hydroxylation is 1. The number of hydrogen-bond acceptors (Lipinski definition) is 6. The first kappa shape index (κ1) is 21.2. The average Bonchev–Trinajstić information content (AvgIpc) is 2.68. The van der Waals surface area contributed by atoms with Gasteiger partial charge in [-0.1, -0.05) is 25.1 Å². The summed E-state index contributed by atoms with van der Waals surface area (Å²) in [7, 11) is -1.36. The number of hydrogen-bond donors (Lipinski definition) is 1. The van der Waals surface area contributed by atoms with Crippen LogP contribution in [0.3, 0.4) is 0 Å². The monoisotopic (exact) mass is 404 g/mol. The highest BCUT2D eigenvalue weighted by Gasteiger charge is 2.21. The van der Waals surface area contributed by atoms with Crippen molar-refractivity contribution in [1.82, 2.24) is 0 Å². The highest BCUT2D eigenvalue weighted by molar-refractivity contribution is 7.85. The first-order valence-electron chi connectivity index (χ1n) is 8.45. The highest BCUT2D eigenvalue weighted by Crippen LogP contribution is 2.30. The van der Waals surface area contributed by atoms with Crippen LogP contribution in [0.5, 0.6) is 0 Å². The van der Waals surface area contributed by atoms with Gasteiger partial charge in [-0.3, -0.25) is 19.1 Å². The van der Waals surface area contributed by atoms with Gasteiger partial charge in [0.05, 0.1) is 26.2 Å². The Labute approximate surface area is 164 Å². The fourth-order valence-electron chi connectivity index (χ4n) is 2.49. The van der Waals surface area contributed by atoms with Crippen molar-refractivity contribution in [3.63, 3.8) is 0 Å². The normalized spacial score (nSPS) is 11.5. The van der Waals surface area contributed by atoms with Gasteiger partial charge in [0.25, 0.3) is 11.6 Å². The number of nitro groups is 1. The Morgan fingerprint density at radius 1 is 1.18 bits per heavy atom. The largest absolute Gasteiger partial charge is 0.452 e. The molecular weight excluding hydrogens is 384 g/mol. The lowest BCUT2D eigenvalue weighted by atomic mass is 10.1. The minimum Gasteiger partial charge on any atom is -0.452 e. The van der Waals surface area contributed by atoms with E-state index in [1.807, 2.05) is 0 Å². The SMILES string of the molecule is CC[S@](=O)c1ccccc1C(=O)OCC(=O)Nc1c([N+](=O)[O-])ccc(C)c1C. The third-order valence-electron chi connectivity index (χ3n) is 4.12. The zero-order valence-electron chi connectivity index (χ0n) is 15.7. The van der Waals surface area contributed by atoms with E-state index in [2.05, 4.69) is 5.32 Å². The highest BCUT2D eigenvalue weighted by atomic mass is 32.2. The van der Waals surface area contributed by atoms with Gasteiger partial charge < -0.3 is 10.1 Å². The van der Waals surface area contributed by atoms with E-state index >= 15 is 0 Å². The topological polar surface area (TPSA) is 116 Å². The van der Waals surface area contributed by atoms with Crippen molar-refractivity contribution >= 4 is 34.1 Å². The number of carbonyl (C=O) groups excluding carboxylic acids is 2. The summed E-state index contributed by atoms with van der Waals surface area (Å²) in [5.41, 5.74) is 1.27. The molecule has 0 aliphatic rings. The zero-order chi connectivity index (χ0) is 20.8. The molecule has 0 aromatic heterocycles. The molecule has 0 saturated heterocycles. The van der Waals surface area contributed by atoms with Gasteiger partial charge in [0.15, 0.2) is 6.61 Å². The number of nitrogens with zero attached hydrogens (tertiary/aromatic N) is 1. The summed E-state index contributed by atoms with van der Waals surface area (Å²) in [6.45, 7) is 4.51. The van der Waals surface area contributed by atoms with Crippen LogP contribution in [0.25, 0.3) is 0 Å². The van der Waals surface area contributed by atoms with Crippen molar-refractivity contribution in [1.29, 1.82) is 0 Å². The van der Waals surface area contributed by atoms with Crippen LogP contribution in [-0.2, 0) is 20.3 Å². The van der Waals surface area contributed by atoms with Crippen LogP contribution < -0.4 is 5.32 Å². The van der Waals surface area contributed by atoms with Gasteiger partial charge >= 0.3 is 5.97 Å². The van der Waals surface area contributed by atoms with Crippen molar-refractivity contribution in [2.75, 3.05) is 17.7 Å².